The molecule has 0 radical (unpaired) electrons. The molecular weight excluding hydrogens is 326 g/mol. The lowest BCUT2D eigenvalue weighted by molar-refractivity contribution is -0.141. The second-order valence-corrected chi connectivity index (χ2v) is 5.31. The number of rotatable bonds is 6. The van der Waals surface area contributed by atoms with Crippen LogP contribution in [0.2, 0.25) is 0 Å². The average molecular weight is 352 g/mol. The normalized spacial score (nSPS) is 12.1. The van der Waals surface area contributed by atoms with E-state index < -0.39 is 18.1 Å². The number of carboxylic acid groups (broad SMARTS) is 1. The van der Waals surface area contributed by atoms with Gasteiger partial charge in [-0.25, -0.2) is 0 Å². The van der Waals surface area contributed by atoms with E-state index in [4.69, 9.17) is 15.9 Å². The number of benzene rings is 2. The molecule has 132 valence electrons. The minimum Gasteiger partial charge on any atom is -0.480 e. The molecule has 0 heterocycles. The topological polar surface area (TPSA) is 83.5 Å². The van der Waals surface area contributed by atoms with Crippen LogP contribution in [0.1, 0.15) is 26.2 Å². The minimum atomic E-state index is -1.14. The molecular formula is C19H26ClNO3. The molecule has 0 aliphatic heterocycles. The summed E-state index contributed by atoms with van der Waals surface area (Å²) < 4.78 is 0. The molecule has 0 fully saturated rings. The van der Waals surface area contributed by atoms with Gasteiger partial charge in [0.15, 0.2) is 0 Å². The molecule has 0 aliphatic rings. The smallest absolute Gasteiger partial charge is 0.323 e. The van der Waals surface area contributed by atoms with Crippen molar-refractivity contribution >= 4 is 18.4 Å². The third-order valence-electron chi connectivity index (χ3n) is 3.43. The number of nitrogens with two attached hydrogens (primary N) is 1. The molecule has 5 heteroatoms. The van der Waals surface area contributed by atoms with E-state index in [0.717, 1.165) is 12.8 Å². The number of aliphatic hydroxyl groups is 1. The number of aliphatic carboxylic acids is 1. The molecule has 2 atom stereocenters. The van der Waals surface area contributed by atoms with Crippen LogP contribution in [-0.4, -0.2) is 28.3 Å². The van der Waals surface area contributed by atoms with Crippen LogP contribution >= 0.6 is 12.4 Å². The van der Waals surface area contributed by atoms with E-state index in [1.807, 2.05) is 19.1 Å². The largest absolute Gasteiger partial charge is 0.480 e. The molecule has 0 saturated heterocycles. The minimum absolute atomic E-state index is 0. The molecule has 4 nitrogen and oxygen atoms in total. The first-order chi connectivity index (χ1) is 11.1. The SMILES string of the molecule is CCCCC(O)C(N)C(=O)O.Cl.c1ccc(-c2ccccc2)cc1. The summed E-state index contributed by atoms with van der Waals surface area (Å²) in [7, 11) is 0. The molecule has 24 heavy (non-hydrogen) atoms. The van der Waals surface area contributed by atoms with Gasteiger partial charge < -0.3 is 15.9 Å². The monoisotopic (exact) mass is 351 g/mol. The van der Waals surface area contributed by atoms with Gasteiger partial charge in [-0.15, -0.1) is 12.4 Å². The maximum atomic E-state index is 10.2. The first-order valence-corrected chi connectivity index (χ1v) is 7.83. The van der Waals surface area contributed by atoms with Gasteiger partial charge in [0.05, 0.1) is 6.10 Å². The zero-order chi connectivity index (χ0) is 17.1. The standard InChI is InChI=1S/C12H10.C7H15NO3.ClH/c1-3-7-11(8-4-1)12-9-5-2-6-10-12;1-2-3-4-5(9)6(8)7(10)11;/h1-10H;5-6,9H,2-4,8H2,1H3,(H,10,11);1H. The highest BCUT2D eigenvalue weighted by Gasteiger charge is 2.20. The Bertz CT molecular complexity index is 526. The first-order valence-electron chi connectivity index (χ1n) is 7.83. The van der Waals surface area contributed by atoms with E-state index in [2.05, 4.69) is 48.5 Å². The second-order valence-electron chi connectivity index (χ2n) is 5.31. The summed E-state index contributed by atoms with van der Waals surface area (Å²) in [6.45, 7) is 1.97. The Balaban J connectivity index is 0.000000426. The fraction of sp³-hybridized carbons (Fsp3) is 0.316. The third kappa shape index (κ3) is 8.11. The highest BCUT2D eigenvalue weighted by Crippen LogP contribution is 2.17. The Morgan fingerprint density at radius 3 is 1.75 bits per heavy atom. The molecule has 0 aromatic heterocycles. The van der Waals surface area contributed by atoms with E-state index in [1.54, 1.807) is 0 Å². The maximum absolute atomic E-state index is 10.2. The van der Waals surface area contributed by atoms with Crippen molar-refractivity contribution in [2.75, 3.05) is 0 Å². The number of carbonyl (C=O) groups is 1. The van der Waals surface area contributed by atoms with Crippen molar-refractivity contribution in [3.8, 4) is 11.1 Å². The van der Waals surface area contributed by atoms with E-state index in [1.165, 1.54) is 11.1 Å². The summed E-state index contributed by atoms with van der Waals surface area (Å²) in [4.78, 5) is 10.2. The van der Waals surface area contributed by atoms with Crippen LogP contribution in [0, 0.1) is 0 Å². The summed E-state index contributed by atoms with van der Waals surface area (Å²) in [6.07, 6.45) is 1.29. The Kier molecular flexibility index (Phi) is 11.5. The van der Waals surface area contributed by atoms with Crippen molar-refractivity contribution in [1.29, 1.82) is 0 Å². The number of carboxylic acids is 1. The molecule has 0 spiro atoms. The fourth-order valence-corrected chi connectivity index (χ4v) is 2.02. The van der Waals surface area contributed by atoms with Crippen molar-refractivity contribution in [3.05, 3.63) is 60.7 Å². The lowest BCUT2D eigenvalue weighted by Gasteiger charge is -2.13. The van der Waals surface area contributed by atoms with Crippen molar-refractivity contribution in [2.24, 2.45) is 5.73 Å². The lowest BCUT2D eigenvalue weighted by Crippen LogP contribution is -2.41. The first kappa shape index (κ1) is 22.1. The van der Waals surface area contributed by atoms with E-state index in [0.29, 0.717) is 6.42 Å². The van der Waals surface area contributed by atoms with Crippen molar-refractivity contribution in [3.63, 3.8) is 0 Å². The van der Waals surface area contributed by atoms with Crippen LogP contribution in [0.15, 0.2) is 60.7 Å². The molecule has 2 aromatic carbocycles. The molecule has 2 aromatic rings. The van der Waals surface area contributed by atoms with Crippen LogP contribution in [0.25, 0.3) is 11.1 Å². The molecule has 2 rings (SSSR count). The second kappa shape index (κ2) is 12.5. The van der Waals surface area contributed by atoms with Crippen LogP contribution < -0.4 is 5.73 Å². The molecule has 0 aliphatic carbocycles. The Labute approximate surface area is 149 Å². The van der Waals surface area contributed by atoms with E-state index in [-0.39, 0.29) is 12.4 Å². The summed E-state index contributed by atoms with van der Waals surface area (Å²) in [5, 5.41) is 17.5. The number of hydrogen-bond donors (Lipinski definition) is 3. The van der Waals surface area contributed by atoms with Crippen molar-refractivity contribution < 1.29 is 15.0 Å². The molecule has 0 saturated carbocycles. The highest BCUT2D eigenvalue weighted by molar-refractivity contribution is 5.85. The molecule has 2 unspecified atom stereocenters. The number of hydrogen-bond acceptors (Lipinski definition) is 3. The van der Waals surface area contributed by atoms with Gasteiger partial charge in [-0.2, -0.15) is 0 Å². The number of unbranched alkanes of at least 4 members (excludes halogenated alkanes) is 1. The van der Waals surface area contributed by atoms with Crippen LogP contribution in [0.5, 0.6) is 0 Å². The van der Waals surface area contributed by atoms with Crippen LogP contribution in [-0.2, 0) is 4.79 Å². The van der Waals surface area contributed by atoms with Crippen LogP contribution in [0.4, 0.5) is 0 Å². The fourth-order valence-electron chi connectivity index (χ4n) is 2.02. The summed E-state index contributed by atoms with van der Waals surface area (Å²) in [5.74, 6) is -1.14. The number of halogens is 1. The number of aliphatic hydroxyl groups excluding tert-OH is 1. The Morgan fingerprint density at radius 2 is 1.42 bits per heavy atom. The van der Waals surface area contributed by atoms with E-state index >= 15 is 0 Å². The van der Waals surface area contributed by atoms with Gasteiger partial charge in [0, 0.05) is 0 Å². The third-order valence-corrected chi connectivity index (χ3v) is 3.43. The van der Waals surface area contributed by atoms with E-state index in [9.17, 15) is 4.79 Å². The molecule has 0 amide bonds. The molecule has 0 bridgehead atoms. The van der Waals surface area contributed by atoms with Gasteiger partial charge in [-0.3, -0.25) is 4.79 Å². The predicted octanol–water partition coefficient (Wildman–Crippen LogP) is 3.72. The van der Waals surface area contributed by atoms with Gasteiger partial charge in [0.25, 0.3) is 0 Å². The van der Waals surface area contributed by atoms with Gasteiger partial charge in [0.2, 0.25) is 0 Å². The van der Waals surface area contributed by atoms with Crippen LogP contribution in [0.3, 0.4) is 0 Å². The molecule has 4 N–H and O–H groups in total. The zero-order valence-electron chi connectivity index (χ0n) is 13.8. The quantitative estimate of drug-likeness (QED) is 0.740. The summed E-state index contributed by atoms with van der Waals surface area (Å²) in [5.41, 5.74) is 7.70. The van der Waals surface area contributed by atoms with Gasteiger partial charge in [-0.05, 0) is 17.5 Å². The zero-order valence-corrected chi connectivity index (χ0v) is 14.7. The van der Waals surface area contributed by atoms with Gasteiger partial charge in [0.1, 0.15) is 6.04 Å². The van der Waals surface area contributed by atoms with Crippen molar-refractivity contribution in [2.45, 2.75) is 38.3 Å². The Hall–Kier alpha value is -1.88. The Morgan fingerprint density at radius 1 is 1.00 bits per heavy atom. The van der Waals surface area contributed by atoms with Gasteiger partial charge >= 0.3 is 5.97 Å². The highest BCUT2D eigenvalue weighted by atomic mass is 35.5. The summed E-state index contributed by atoms with van der Waals surface area (Å²) in [6, 6.07) is 19.6. The predicted molar refractivity (Wildman–Crippen MR) is 100 cm³/mol. The van der Waals surface area contributed by atoms with Gasteiger partial charge in [-0.1, -0.05) is 80.4 Å². The average Bonchev–Trinajstić information content (AvgIpc) is 2.61. The lowest BCUT2D eigenvalue weighted by atomic mass is 10.1. The summed E-state index contributed by atoms with van der Waals surface area (Å²) >= 11 is 0. The van der Waals surface area contributed by atoms with Crippen molar-refractivity contribution in [1.82, 2.24) is 0 Å². The maximum Gasteiger partial charge on any atom is 0.323 e.